The average Bonchev–Trinajstić information content (AvgIpc) is 2.28. The maximum Gasteiger partial charge on any atom is 0.254 e. The lowest BCUT2D eigenvalue weighted by Gasteiger charge is -2.16. The Morgan fingerprint density at radius 3 is 2.65 bits per heavy atom. The molecule has 1 aromatic carbocycles. The summed E-state index contributed by atoms with van der Waals surface area (Å²) in [6.45, 7) is 6.73. The van der Waals surface area contributed by atoms with E-state index >= 15 is 0 Å². The minimum absolute atomic E-state index is 0.00606. The van der Waals surface area contributed by atoms with Crippen LogP contribution in [0, 0.1) is 17.7 Å². The maximum absolute atomic E-state index is 13.4. The van der Waals surface area contributed by atoms with Crippen LogP contribution in [-0.4, -0.2) is 12.5 Å². The summed E-state index contributed by atoms with van der Waals surface area (Å²) >= 11 is 5.73. The standard InChI is InChI=1S/C13H17ClFNO/c1-8(2)9(3)7-16-13(17)11-6-10(14)4-5-12(11)15/h4-6,8-9H,7H2,1-3H3,(H,16,17). The molecule has 0 aromatic heterocycles. The Kier molecular flexibility index (Phi) is 4.94. The van der Waals surface area contributed by atoms with Crippen molar-refractivity contribution in [2.24, 2.45) is 11.8 Å². The van der Waals surface area contributed by atoms with E-state index < -0.39 is 11.7 Å². The highest BCUT2D eigenvalue weighted by molar-refractivity contribution is 6.30. The Morgan fingerprint density at radius 2 is 2.06 bits per heavy atom. The first-order chi connectivity index (χ1) is 7.91. The van der Waals surface area contributed by atoms with Crippen molar-refractivity contribution in [1.29, 1.82) is 0 Å². The molecule has 1 N–H and O–H groups in total. The molecule has 0 bridgehead atoms. The third-order valence-corrected chi connectivity index (χ3v) is 3.13. The Labute approximate surface area is 106 Å². The molecule has 2 nitrogen and oxygen atoms in total. The van der Waals surface area contributed by atoms with Crippen molar-refractivity contribution in [3.8, 4) is 0 Å². The van der Waals surface area contributed by atoms with E-state index in [9.17, 15) is 9.18 Å². The molecule has 0 saturated carbocycles. The van der Waals surface area contributed by atoms with Gasteiger partial charge in [0.2, 0.25) is 0 Å². The van der Waals surface area contributed by atoms with Gasteiger partial charge in [0.05, 0.1) is 5.56 Å². The summed E-state index contributed by atoms with van der Waals surface area (Å²) in [7, 11) is 0. The molecule has 1 aromatic rings. The van der Waals surface area contributed by atoms with Crippen molar-refractivity contribution in [1.82, 2.24) is 5.32 Å². The van der Waals surface area contributed by atoms with E-state index in [1.165, 1.54) is 18.2 Å². The monoisotopic (exact) mass is 257 g/mol. The predicted molar refractivity (Wildman–Crippen MR) is 67.7 cm³/mol. The summed E-state index contributed by atoms with van der Waals surface area (Å²) in [6, 6.07) is 3.96. The lowest BCUT2D eigenvalue weighted by molar-refractivity contribution is 0.0941. The van der Waals surface area contributed by atoms with Crippen LogP contribution in [0.25, 0.3) is 0 Å². The summed E-state index contributed by atoms with van der Waals surface area (Å²) < 4.78 is 13.4. The SMILES string of the molecule is CC(C)C(C)CNC(=O)c1cc(Cl)ccc1F. The molecule has 0 heterocycles. The van der Waals surface area contributed by atoms with Crippen LogP contribution in [0.3, 0.4) is 0 Å². The maximum atomic E-state index is 13.4. The van der Waals surface area contributed by atoms with E-state index in [1.807, 2.05) is 6.92 Å². The molecular weight excluding hydrogens is 241 g/mol. The fraction of sp³-hybridized carbons (Fsp3) is 0.462. The Morgan fingerprint density at radius 1 is 1.41 bits per heavy atom. The zero-order chi connectivity index (χ0) is 13.0. The van der Waals surface area contributed by atoms with Crippen LogP contribution in [0.4, 0.5) is 4.39 Å². The number of carbonyl (C=O) groups is 1. The number of nitrogens with one attached hydrogen (secondary N) is 1. The summed E-state index contributed by atoms with van der Waals surface area (Å²) in [5.74, 6) is -0.151. The molecule has 0 aliphatic carbocycles. The number of hydrogen-bond donors (Lipinski definition) is 1. The number of benzene rings is 1. The molecule has 0 saturated heterocycles. The van der Waals surface area contributed by atoms with E-state index in [0.29, 0.717) is 23.4 Å². The normalized spacial score (nSPS) is 12.6. The van der Waals surface area contributed by atoms with Gasteiger partial charge in [-0.15, -0.1) is 0 Å². The zero-order valence-electron chi connectivity index (χ0n) is 10.3. The molecule has 0 aliphatic heterocycles. The molecule has 17 heavy (non-hydrogen) atoms. The van der Waals surface area contributed by atoms with Crippen molar-refractivity contribution in [3.63, 3.8) is 0 Å². The first-order valence-electron chi connectivity index (χ1n) is 5.65. The molecule has 1 atom stereocenters. The fourth-order valence-electron chi connectivity index (χ4n) is 1.26. The van der Waals surface area contributed by atoms with Gasteiger partial charge in [0, 0.05) is 11.6 Å². The van der Waals surface area contributed by atoms with Crippen molar-refractivity contribution >= 4 is 17.5 Å². The summed E-state index contributed by atoms with van der Waals surface area (Å²) in [5.41, 5.74) is -0.00606. The molecule has 0 fully saturated rings. The average molecular weight is 258 g/mol. The Bertz CT molecular complexity index is 406. The smallest absolute Gasteiger partial charge is 0.254 e. The predicted octanol–water partition coefficient (Wildman–Crippen LogP) is 3.50. The lowest BCUT2D eigenvalue weighted by atomic mass is 9.98. The molecule has 4 heteroatoms. The van der Waals surface area contributed by atoms with Gasteiger partial charge in [0.25, 0.3) is 5.91 Å². The van der Waals surface area contributed by atoms with Gasteiger partial charge < -0.3 is 5.32 Å². The van der Waals surface area contributed by atoms with Gasteiger partial charge in [-0.3, -0.25) is 4.79 Å². The number of rotatable bonds is 4. The van der Waals surface area contributed by atoms with Gasteiger partial charge in [0.1, 0.15) is 5.82 Å². The highest BCUT2D eigenvalue weighted by Crippen LogP contribution is 2.15. The largest absolute Gasteiger partial charge is 0.352 e. The summed E-state index contributed by atoms with van der Waals surface area (Å²) in [5, 5.41) is 3.07. The third-order valence-electron chi connectivity index (χ3n) is 2.90. The second-order valence-corrected chi connectivity index (χ2v) is 4.99. The molecule has 94 valence electrons. The second-order valence-electron chi connectivity index (χ2n) is 4.56. The Balaban J connectivity index is 2.67. The molecule has 1 rings (SSSR count). The van der Waals surface area contributed by atoms with Gasteiger partial charge in [-0.1, -0.05) is 32.4 Å². The van der Waals surface area contributed by atoms with Crippen molar-refractivity contribution < 1.29 is 9.18 Å². The minimum Gasteiger partial charge on any atom is -0.352 e. The number of hydrogen-bond acceptors (Lipinski definition) is 1. The topological polar surface area (TPSA) is 29.1 Å². The zero-order valence-corrected chi connectivity index (χ0v) is 11.0. The third kappa shape index (κ3) is 4.00. The van der Waals surface area contributed by atoms with E-state index in [0.717, 1.165) is 0 Å². The van der Waals surface area contributed by atoms with Crippen LogP contribution in [0.5, 0.6) is 0 Å². The van der Waals surface area contributed by atoms with Crippen molar-refractivity contribution in [2.75, 3.05) is 6.54 Å². The molecule has 1 unspecified atom stereocenters. The Hall–Kier alpha value is -1.09. The van der Waals surface area contributed by atoms with E-state index in [4.69, 9.17) is 11.6 Å². The first kappa shape index (κ1) is 14.0. The van der Waals surface area contributed by atoms with E-state index in [1.54, 1.807) is 0 Å². The highest BCUT2D eigenvalue weighted by atomic mass is 35.5. The van der Waals surface area contributed by atoms with Gasteiger partial charge in [0.15, 0.2) is 0 Å². The van der Waals surface area contributed by atoms with Crippen LogP contribution < -0.4 is 5.32 Å². The van der Waals surface area contributed by atoms with Crippen LogP contribution >= 0.6 is 11.6 Å². The lowest BCUT2D eigenvalue weighted by Crippen LogP contribution is -2.30. The molecule has 0 spiro atoms. The van der Waals surface area contributed by atoms with E-state index in [2.05, 4.69) is 19.2 Å². The van der Waals surface area contributed by atoms with Gasteiger partial charge >= 0.3 is 0 Å². The molecular formula is C13H17ClFNO. The highest BCUT2D eigenvalue weighted by Gasteiger charge is 2.14. The van der Waals surface area contributed by atoms with Crippen LogP contribution in [0.15, 0.2) is 18.2 Å². The molecule has 1 amide bonds. The van der Waals surface area contributed by atoms with Crippen LogP contribution in [0.2, 0.25) is 5.02 Å². The van der Waals surface area contributed by atoms with Crippen molar-refractivity contribution in [3.05, 3.63) is 34.6 Å². The number of carbonyl (C=O) groups excluding carboxylic acids is 1. The number of halogens is 2. The van der Waals surface area contributed by atoms with Crippen molar-refractivity contribution in [2.45, 2.75) is 20.8 Å². The first-order valence-corrected chi connectivity index (χ1v) is 6.03. The molecule has 0 aliphatic rings. The van der Waals surface area contributed by atoms with Crippen LogP contribution in [-0.2, 0) is 0 Å². The van der Waals surface area contributed by atoms with Gasteiger partial charge in [-0.25, -0.2) is 4.39 Å². The van der Waals surface area contributed by atoms with E-state index in [-0.39, 0.29) is 5.56 Å². The second kappa shape index (κ2) is 6.01. The van der Waals surface area contributed by atoms with Gasteiger partial charge in [-0.05, 0) is 30.0 Å². The fourth-order valence-corrected chi connectivity index (χ4v) is 1.43. The van der Waals surface area contributed by atoms with Crippen LogP contribution in [0.1, 0.15) is 31.1 Å². The van der Waals surface area contributed by atoms with Gasteiger partial charge in [-0.2, -0.15) is 0 Å². The summed E-state index contributed by atoms with van der Waals surface area (Å²) in [4.78, 5) is 11.7. The number of amides is 1. The minimum atomic E-state index is -0.552. The summed E-state index contributed by atoms with van der Waals surface area (Å²) in [6.07, 6.45) is 0. The molecule has 0 radical (unpaired) electrons. The quantitative estimate of drug-likeness (QED) is 0.879.